The molecular formula is C25H29FN2O4. The summed E-state index contributed by atoms with van der Waals surface area (Å²) in [5.41, 5.74) is 1.72. The number of benzene rings is 2. The summed E-state index contributed by atoms with van der Waals surface area (Å²) < 4.78 is 24.4. The van der Waals surface area contributed by atoms with E-state index >= 15 is 0 Å². The molecule has 2 aliphatic rings. The van der Waals surface area contributed by atoms with Crippen LogP contribution in [0.4, 0.5) is 4.39 Å². The number of halogens is 1. The van der Waals surface area contributed by atoms with Gasteiger partial charge in [0.2, 0.25) is 0 Å². The molecule has 0 aromatic heterocycles. The predicted molar refractivity (Wildman–Crippen MR) is 117 cm³/mol. The van der Waals surface area contributed by atoms with Crippen molar-refractivity contribution >= 4 is 11.9 Å². The number of esters is 1. The van der Waals surface area contributed by atoms with Crippen LogP contribution < -0.4 is 0 Å². The Morgan fingerprint density at radius 3 is 2.44 bits per heavy atom. The number of likely N-dealkylation sites (tertiary alicyclic amines) is 1. The molecule has 0 N–H and O–H groups in total. The molecule has 1 atom stereocenters. The number of hydrogen-bond donors (Lipinski definition) is 0. The van der Waals surface area contributed by atoms with Gasteiger partial charge in [-0.3, -0.25) is 14.5 Å². The van der Waals surface area contributed by atoms with Gasteiger partial charge in [-0.15, -0.1) is 0 Å². The van der Waals surface area contributed by atoms with Crippen LogP contribution in [0.1, 0.15) is 28.8 Å². The Balaban J connectivity index is 1.19. The van der Waals surface area contributed by atoms with Crippen LogP contribution in [-0.4, -0.2) is 67.2 Å². The monoisotopic (exact) mass is 440 g/mol. The van der Waals surface area contributed by atoms with Gasteiger partial charge >= 0.3 is 5.97 Å². The molecule has 2 heterocycles. The van der Waals surface area contributed by atoms with Gasteiger partial charge in [0.15, 0.2) is 0 Å². The first-order valence-electron chi connectivity index (χ1n) is 11.2. The van der Waals surface area contributed by atoms with Crippen molar-refractivity contribution in [2.45, 2.75) is 25.5 Å². The summed E-state index contributed by atoms with van der Waals surface area (Å²) >= 11 is 0. The number of ether oxygens (including phenoxy) is 2. The summed E-state index contributed by atoms with van der Waals surface area (Å²) in [6.07, 6.45) is 1.01. The van der Waals surface area contributed by atoms with E-state index in [-0.39, 0.29) is 36.3 Å². The largest absolute Gasteiger partial charge is 0.463 e. The predicted octanol–water partition coefficient (Wildman–Crippen LogP) is 3.12. The third-order valence-corrected chi connectivity index (χ3v) is 6.09. The van der Waals surface area contributed by atoms with Crippen molar-refractivity contribution in [2.75, 3.05) is 39.4 Å². The summed E-state index contributed by atoms with van der Waals surface area (Å²) in [4.78, 5) is 29.1. The summed E-state index contributed by atoms with van der Waals surface area (Å²) in [6.45, 7) is 4.29. The SMILES string of the molecule is O=C(OCC1CN(Cc2ccccc2)CCO1)C1CCN(C(=O)c2ccc(F)cc2)CC1. The van der Waals surface area contributed by atoms with Crippen LogP contribution in [0.25, 0.3) is 0 Å². The average molecular weight is 441 g/mol. The molecule has 0 spiro atoms. The zero-order valence-corrected chi connectivity index (χ0v) is 18.1. The molecule has 0 saturated carbocycles. The maximum Gasteiger partial charge on any atom is 0.309 e. The van der Waals surface area contributed by atoms with Gasteiger partial charge < -0.3 is 14.4 Å². The second-order valence-corrected chi connectivity index (χ2v) is 8.42. The van der Waals surface area contributed by atoms with E-state index in [2.05, 4.69) is 17.0 Å². The van der Waals surface area contributed by atoms with Gasteiger partial charge in [0, 0.05) is 38.3 Å². The molecule has 4 rings (SSSR count). The molecule has 7 heteroatoms. The lowest BCUT2D eigenvalue weighted by molar-refractivity contribution is -0.156. The topological polar surface area (TPSA) is 59.1 Å². The van der Waals surface area contributed by atoms with Gasteiger partial charge in [0.05, 0.1) is 12.5 Å². The first-order valence-corrected chi connectivity index (χ1v) is 11.2. The smallest absolute Gasteiger partial charge is 0.309 e. The van der Waals surface area contributed by atoms with Gasteiger partial charge in [-0.2, -0.15) is 0 Å². The minimum Gasteiger partial charge on any atom is -0.463 e. The fourth-order valence-electron chi connectivity index (χ4n) is 4.25. The average Bonchev–Trinajstić information content (AvgIpc) is 2.83. The van der Waals surface area contributed by atoms with E-state index in [0.29, 0.717) is 38.1 Å². The van der Waals surface area contributed by atoms with Crippen LogP contribution >= 0.6 is 0 Å². The zero-order chi connectivity index (χ0) is 22.3. The molecular weight excluding hydrogens is 411 g/mol. The van der Waals surface area contributed by atoms with Crippen LogP contribution in [-0.2, 0) is 20.8 Å². The zero-order valence-electron chi connectivity index (χ0n) is 18.1. The van der Waals surface area contributed by atoms with Crippen LogP contribution in [0.15, 0.2) is 54.6 Å². The number of rotatable bonds is 6. The summed E-state index contributed by atoms with van der Waals surface area (Å²) in [6, 6.07) is 15.8. The van der Waals surface area contributed by atoms with E-state index in [0.717, 1.165) is 19.6 Å². The molecule has 2 fully saturated rings. The lowest BCUT2D eigenvalue weighted by atomic mass is 9.96. The Morgan fingerprint density at radius 2 is 1.72 bits per heavy atom. The summed E-state index contributed by atoms with van der Waals surface area (Å²) in [5.74, 6) is -0.932. The number of piperidine rings is 1. The molecule has 0 bridgehead atoms. The van der Waals surface area contributed by atoms with E-state index in [1.165, 1.54) is 29.8 Å². The van der Waals surface area contributed by atoms with Crippen molar-refractivity contribution in [3.8, 4) is 0 Å². The van der Waals surface area contributed by atoms with Crippen LogP contribution in [0.2, 0.25) is 0 Å². The summed E-state index contributed by atoms with van der Waals surface area (Å²) in [5, 5.41) is 0. The van der Waals surface area contributed by atoms with Crippen molar-refractivity contribution in [1.82, 2.24) is 9.80 Å². The third-order valence-electron chi connectivity index (χ3n) is 6.09. The number of amides is 1. The minimum atomic E-state index is -0.367. The van der Waals surface area contributed by atoms with Crippen LogP contribution in [0.3, 0.4) is 0 Å². The van der Waals surface area contributed by atoms with Crippen LogP contribution in [0, 0.1) is 11.7 Å². The minimum absolute atomic E-state index is 0.128. The molecule has 0 radical (unpaired) electrons. The van der Waals surface area contributed by atoms with E-state index in [1.807, 2.05) is 18.2 Å². The molecule has 2 aromatic carbocycles. The molecule has 1 amide bonds. The Hall–Kier alpha value is -2.77. The first kappa shape index (κ1) is 22.4. The quantitative estimate of drug-likeness (QED) is 0.646. The normalized spacial score (nSPS) is 20.2. The second kappa shape index (κ2) is 10.7. The van der Waals surface area contributed by atoms with Crippen LogP contribution in [0.5, 0.6) is 0 Å². The Kier molecular flexibility index (Phi) is 7.50. The first-order chi connectivity index (χ1) is 15.6. The molecule has 1 unspecified atom stereocenters. The van der Waals surface area contributed by atoms with Crippen molar-refractivity contribution in [3.63, 3.8) is 0 Å². The number of carbonyl (C=O) groups is 2. The highest BCUT2D eigenvalue weighted by Gasteiger charge is 2.30. The Bertz CT molecular complexity index is 898. The fourth-order valence-corrected chi connectivity index (χ4v) is 4.25. The van der Waals surface area contributed by atoms with E-state index in [4.69, 9.17) is 9.47 Å². The summed E-state index contributed by atoms with van der Waals surface area (Å²) in [7, 11) is 0. The van der Waals surface area contributed by atoms with Crippen molar-refractivity contribution in [2.24, 2.45) is 5.92 Å². The number of nitrogens with zero attached hydrogens (tertiary/aromatic N) is 2. The fraction of sp³-hybridized carbons (Fsp3) is 0.440. The Morgan fingerprint density at radius 1 is 1.00 bits per heavy atom. The molecule has 2 saturated heterocycles. The lowest BCUT2D eigenvalue weighted by Gasteiger charge is -2.33. The maximum absolute atomic E-state index is 13.1. The van der Waals surface area contributed by atoms with Gasteiger partial charge in [-0.05, 0) is 42.7 Å². The molecule has 170 valence electrons. The molecule has 0 aliphatic carbocycles. The Labute approximate surface area is 187 Å². The number of morpholine rings is 1. The maximum atomic E-state index is 13.1. The van der Waals surface area contributed by atoms with E-state index < -0.39 is 0 Å². The second-order valence-electron chi connectivity index (χ2n) is 8.42. The van der Waals surface area contributed by atoms with E-state index in [1.54, 1.807) is 4.90 Å². The standard InChI is InChI=1S/C25H29FN2O4/c26-22-8-6-20(7-9-22)24(29)28-12-10-21(11-13-28)25(30)32-18-23-17-27(14-15-31-23)16-19-4-2-1-3-5-19/h1-9,21,23H,10-18H2. The highest BCUT2D eigenvalue weighted by Crippen LogP contribution is 2.21. The molecule has 32 heavy (non-hydrogen) atoms. The molecule has 6 nitrogen and oxygen atoms in total. The number of hydrogen-bond acceptors (Lipinski definition) is 5. The molecule has 2 aliphatic heterocycles. The highest BCUT2D eigenvalue weighted by atomic mass is 19.1. The van der Waals surface area contributed by atoms with Crippen molar-refractivity contribution in [1.29, 1.82) is 0 Å². The van der Waals surface area contributed by atoms with Gasteiger partial charge in [-0.1, -0.05) is 30.3 Å². The lowest BCUT2D eigenvalue weighted by Crippen LogP contribution is -2.45. The van der Waals surface area contributed by atoms with E-state index in [9.17, 15) is 14.0 Å². The van der Waals surface area contributed by atoms with Gasteiger partial charge in [0.25, 0.3) is 5.91 Å². The molecule has 2 aromatic rings. The van der Waals surface area contributed by atoms with Gasteiger partial charge in [-0.25, -0.2) is 4.39 Å². The highest BCUT2D eigenvalue weighted by molar-refractivity contribution is 5.94. The van der Waals surface area contributed by atoms with Crippen molar-refractivity contribution in [3.05, 3.63) is 71.5 Å². The van der Waals surface area contributed by atoms with Gasteiger partial charge in [0.1, 0.15) is 18.5 Å². The number of carbonyl (C=O) groups excluding carboxylic acids is 2. The van der Waals surface area contributed by atoms with Crippen molar-refractivity contribution < 1.29 is 23.5 Å². The third kappa shape index (κ3) is 5.93.